The van der Waals surface area contributed by atoms with Crippen molar-refractivity contribution in [1.82, 2.24) is 19.4 Å². The molecule has 172 valence electrons. The van der Waals surface area contributed by atoms with E-state index in [1.807, 2.05) is 31.5 Å². The first-order valence-corrected chi connectivity index (χ1v) is 15.1. The lowest BCUT2D eigenvalue weighted by atomic mass is 10.1. The van der Waals surface area contributed by atoms with E-state index in [2.05, 4.69) is 45.7 Å². The first kappa shape index (κ1) is 24.2. The standard InChI is InChI=1S/C21H33IN4O4Si/c1-21(2,3)30-20(27)25-8-6-15(7-9-25)29-17-12-23-19-18(24-17)16(22)13-26(19)14-28-10-11-31(4)5/h12-13,15,31H,6-11,14H2,1-5H3. The number of piperidine rings is 1. The number of amides is 1. The lowest BCUT2D eigenvalue weighted by Gasteiger charge is -2.33. The summed E-state index contributed by atoms with van der Waals surface area (Å²) in [5.41, 5.74) is 1.15. The van der Waals surface area contributed by atoms with Gasteiger partial charge in [-0.15, -0.1) is 0 Å². The minimum absolute atomic E-state index is 0.00807. The Bertz CT molecular complexity index is 891. The molecule has 0 atom stereocenters. The van der Waals surface area contributed by atoms with Crippen molar-refractivity contribution in [1.29, 1.82) is 0 Å². The van der Waals surface area contributed by atoms with Gasteiger partial charge < -0.3 is 23.7 Å². The van der Waals surface area contributed by atoms with Crippen LogP contribution in [0.5, 0.6) is 5.88 Å². The number of aromatic nitrogens is 3. The third-order valence-corrected chi connectivity index (χ3v) is 7.13. The molecule has 0 aliphatic carbocycles. The van der Waals surface area contributed by atoms with E-state index in [1.165, 1.54) is 6.04 Å². The van der Waals surface area contributed by atoms with Crippen molar-refractivity contribution < 1.29 is 19.0 Å². The summed E-state index contributed by atoms with van der Waals surface area (Å²) in [4.78, 5) is 23.2. The van der Waals surface area contributed by atoms with Gasteiger partial charge in [0.05, 0.1) is 9.77 Å². The van der Waals surface area contributed by atoms with E-state index in [4.69, 9.17) is 14.2 Å². The Morgan fingerprint density at radius 3 is 2.65 bits per heavy atom. The zero-order chi connectivity index (χ0) is 22.6. The van der Waals surface area contributed by atoms with Crippen molar-refractivity contribution >= 4 is 48.6 Å². The Hall–Kier alpha value is -1.40. The molecule has 10 heteroatoms. The van der Waals surface area contributed by atoms with Crippen LogP contribution in [-0.2, 0) is 16.2 Å². The fourth-order valence-corrected chi connectivity index (χ4v) is 4.62. The number of carbonyl (C=O) groups is 1. The maximum Gasteiger partial charge on any atom is 0.410 e. The molecular weight excluding hydrogens is 527 g/mol. The third-order valence-electron chi connectivity index (χ3n) is 4.95. The highest BCUT2D eigenvalue weighted by Gasteiger charge is 2.28. The van der Waals surface area contributed by atoms with E-state index in [1.54, 1.807) is 11.1 Å². The number of likely N-dealkylation sites (tertiary alicyclic amines) is 1. The van der Waals surface area contributed by atoms with Crippen molar-refractivity contribution in [2.75, 3.05) is 19.7 Å². The molecule has 1 aliphatic heterocycles. The van der Waals surface area contributed by atoms with Gasteiger partial charge in [0.25, 0.3) is 0 Å². The fourth-order valence-electron chi connectivity index (χ4n) is 3.29. The topological polar surface area (TPSA) is 78.7 Å². The quantitative estimate of drug-likeness (QED) is 0.286. The Kier molecular flexibility index (Phi) is 8.19. The number of rotatable bonds is 7. The van der Waals surface area contributed by atoms with Crippen molar-refractivity contribution in [2.24, 2.45) is 0 Å². The lowest BCUT2D eigenvalue weighted by molar-refractivity contribution is 0.0123. The molecule has 2 aromatic heterocycles. The number of halogens is 1. The average Bonchev–Trinajstić information content (AvgIpc) is 2.99. The van der Waals surface area contributed by atoms with Crippen LogP contribution in [0.3, 0.4) is 0 Å². The molecule has 0 spiro atoms. The summed E-state index contributed by atoms with van der Waals surface area (Å²) in [6.07, 6.45) is 4.92. The van der Waals surface area contributed by atoms with Gasteiger partial charge >= 0.3 is 6.09 Å². The van der Waals surface area contributed by atoms with E-state index in [-0.39, 0.29) is 12.2 Å². The van der Waals surface area contributed by atoms with Gasteiger partial charge in [0.1, 0.15) is 24.0 Å². The highest BCUT2D eigenvalue weighted by atomic mass is 127. The summed E-state index contributed by atoms with van der Waals surface area (Å²) in [6.45, 7) is 12.8. The van der Waals surface area contributed by atoms with Gasteiger partial charge in [-0.2, -0.15) is 0 Å². The van der Waals surface area contributed by atoms with Crippen molar-refractivity contribution in [2.45, 2.75) is 71.2 Å². The molecule has 1 fully saturated rings. The van der Waals surface area contributed by atoms with E-state index in [0.717, 1.165) is 34.2 Å². The molecule has 0 aromatic carbocycles. The van der Waals surface area contributed by atoms with Crippen LogP contribution in [0.2, 0.25) is 19.1 Å². The Balaban J connectivity index is 1.56. The number of nitrogens with zero attached hydrogens (tertiary/aromatic N) is 4. The summed E-state index contributed by atoms with van der Waals surface area (Å²) in [5.74, 6) is 0.519. The minimum Gasteiger partial charge on any atom is -0.473 e. The number of hydrogen-bond acceptors (Lipinski definition) is 6. The van der Waals surface area contributed by atoms with Gasteiger partial charge in [0.15, 0.2) is 5.65 Å². The van der Waals surface area contributed by atoms with Gasteiger partial charge in [-0.1, -0.05) is 13.1 Å². The van der Waals surface area contributed by atoms with Crippen LogP contribution in [-0.4, -0.2) is 65.7 Å². The Labute approximate surface area is 199 Å². The van der Waals surface area contributed by atoms with Crippen LogP contribution in [0, 0.1) is 3.57 Å². The number of fused-ring (bicyclic) bond motifs is 1. The smallest absolute Gasteiger partial charge is 0.410 e. The van der Waals surface area contributed by atoms with E-state index < -0.39 is 14.4 Å². The summed E-state index contributed by atoms with van der Waals surface area (Å²) < 4.78 is 20.4. The molecule has 0 saturated carbocycles. The molecule has 3 rings (SSSR count). The second-order valence-electron chi connectivity index (χ2n) is 9.33. The maximum atomic E-state index is 12.2. The van der Waals surface area contributed by atoms with Crippen LogP contribution in [0.25, 0.3) is 11.2 Å². The van der Waals surface area contributed by atoms with Crippen molar-refractivity contribution in [3.63, 3.8) is 0 Å². The summed E-state index contributed by atoms with van der Waals surface area (Å²) in [5, 5.41) is 0. The first-order chi connectivity index (χ1) is 14.6. The summed E-state index contributed by atoms with van der Waals surface area (Å²) >= 11 is 2.27. The van der Waals surface area contributed by atoms with E-state index in [9.17, 15) is 4.79 Å². The van der Waals surface area contributed by atoms with Crippen LogP contribution in [0.1, 0.15) is 33.6 Å². The van der Waals surface area contributed by atoms with Crippen molar-refractivity contribution in [3.05, 3.63) is 16.0 Å². The minimum atomic E-state index is -0.594. The average molecular weight is 561 g/mol. The first-order valence-electron chi connectivity index (χ1n) is 10.9. The monoisotopic (exact) mass is 560 g/mol. The zero-order valence-electron chi connectivity index (χ0n) is 19.1. The molecular formula is C21H33IN4O4Si. The summed E-state index contributed by atoms with van der Waals surface area (Å²) in [7, 11) is -0.594. The van der Waals surface area contributed by atoms with Crippen molar-refractivity contribution in [3.8, 4) is 5.88 Å². The van der Waals surface area contributed by atoms with Gasteiger partial charge in [-0.25, -0.2) is 14.8 Å². The Morgan fingerprint density at radius 1 is 1.29 bits per heavy atom. The molecule has 2 aromatic rings. The maximum absolute atomic E-state index is 12.2. The van der Waals surface area contributed by atoms with Gasteiger partial charge in [0.2, 0.25) is 5.88 Å². The molecule has 31 heavy (non-hydrogen) atoms. The van der Waals surface area contributed by atoms with Crippen LogP contribution in [0.15, 0.2) is 12.4 Å². The number of ether oxygens (including phenoxy) is 3. The highest BCUT2D eigenvalue weighted by Crippen LogP contribution is 2.24. The number of carbonyl (C=O) groups excluding carboxylic acids is 1. The largest absolute Gasteiger partial charge is 0.473 e. The predicted octanol–water partition coefficient (Wildman–Crippen LogP) is 4.28. The van der Waals surface area contributed by atoms with E-state index in [0.29, 0.717) is 25.7 Å². The zero-order valence-corrected chi connectivity index (χ0v) is 22.4. The fraction of sp³-hybridized carbons (Fsp3) is 0.667. The van der Waals surface area contributed by atoms with Crippen LogP contribution in [0.4, 0.5) is 4.79 Å². The van der Waals surface area contributed by atoms with Gasteiger partial charge in [-0.3, -0.25) is 0 Å². The molecule has 1 aliphatic rings. The molecule has 0 radical (unpaired) electrons. The molecule has 0 N–H and O–H groups in total. The molecule has 0 bridgehead atoms. The molecule has 3 heterocycles. The summed E-state index contributed by atoms with van der Waals surface area (Å²) in [6, 6.07) is 1.17. The molecule has 0 unspecified atom stereocenters. The van der Waals surface area contributed by atoms with Gasteiger partial charge in [0, 0.05) is 47.5 Å². The molecule has 1 saturated heterocycles. The molecule has 8 nitrogen and oxygen atoms in total. The second-order valence-corrected chi connectivity index (χ2v) is 13.9. The van der Waals surface area contributed by atoms with Gasteiger partial charge in [-0.05, 0) is 49.4 Å². The normalized spacial score (nSPS) is 15.6. The predicted molar refractivity (Wildman–Crippen MR) is 131 cm³/mol. The van der Waals surface area contributed by atoms with E-state index >= 15 is 0 Å². The Morgan fingerprint density at radius 2 is 2.00 bits per heavy atom. The second kappa shape index (κ2) is 10.5. The third kappa shape index (κ3) is 7.04. The highest BCUT2D eigenvalue weighted by molar-refractivity contribution is 14.1. The SMILES string of the molecule is C[SiH](C)CCOCn1cc(I)c2nc(OC3CCN(C(=O)OC(C)(C)C)CC3)cnc21. The number of hydrogen-bond donors (Lipinski definition) is 0. The lowest BCUT2D eigenvalue weighted by Crippen LogP contribution is -2.44. The van der Waals surface area contributed by atoms with Crippen LogP contribution >= 0.6 is 22.6 Å². The molecule has 1 amide bonds. The van der Waals surface area contributed by atoms with Crippen LogP contribution < -0.4 is 4.74 Å².